The van der Waals surface area contributed by atoms with E-state index in [0.29, 0.717) is 25.0 Å². The quantitative estimate of drug-likeness (QED) is 0.196. The van der Waals surface area contributed by atoms with E-state index in [0.717, 1.165) is 35.6 Å². The minimum Gasteiger partial charge on any atom is -0.450 e. The fraction of sp³-hybridized carbons (Fsp3) is 0.321. The number of benzene rings is 2. The van der Waals surface area contributed by atoms with Gasteiger partial charge in [-0.1, -0.05) is 41.6 Å². The number of hydrogen-bond donors (Lipinski definition) is 2. The number of pyridine rings is 1. The van der Waals surface area contributed by atoms with Crippen molar-refractivity contribution in [1.82, 2.24) is 4.98 Å². The van der Waals surface area contributed by atoms with Gasteiger partial charge in [0.1, 0.15) is 6.10 Å². The van der Waals surface area contributed by atoms with Crippen molar-refractivity contribution in [1.29, 1.82) is 0 Å². The third kappa shape index (κ3) is 5.98. The summed E-state index contributed by atoms with van der Waals surface area (Å²) in [6, 6.07) is 20.6. The number of anilines is 1. The summed E-state index contributed by atoms with van der Waals surface area (Å²) in [4.78, 5) is 17.3. The van der Waals surface area contributed by atoms with Crippen LogP contribution in [0.3, 0.4) is 0 Å². The summed E-state index contributed by atoms with van der Waals surface area (Å²) in [6.07, 6.45) is 2.20. The molecule has 3 aromatic rings. The maximum absolute atomic E-state index is 10.8. The molecule has 4 rings (SSSR count). The number of carboxylic acid groups (broad SMARTS) is 1. The van der Waals surface area contributed by atoms with Crippen LogP contribution in [0.25, 0.3) is 0 Å². The van der Waals surface area contributed by atoms with Crippen LogP contribution in [0.1, 0.15) is 53.1 Å². The number of rotatable bonds is 7. The zero-order chi connectivity index (χ0) is 24.8. The molecule has 0 aliphatic carbocycles. The largest absolute Gasteiger partial charge is 0.506 e. The number of nitrogens with zero attached hydrogens (tertiary/aromatic N) is 3. The Bertz CT molecular complexity index is 1180. The second-order valence-electron chi connectivity index (χ2n) is 9.01. The highest BCUT2D eigenvalue weighted by Crippen LogP contribution is 2.33. The highest BCUT2D eigenvalue weighted by atomic mass is 16.7. The van der Waals surface area contributed by atoms with Gasteiger partial charge in [-0.05, 0) is 54.8 Å². The number of oxime groups is 1. The predicted octanol–water partition coefficient (Wildman–Crippen LogP) is 5.76. The number of aryl methyl sites for hydroxylation is 2. The smallest absolute Gasteiger partial charge is 0.450 e. The van der Waals surface area contributed by atoms with Crippen LogP contribution < -0.4 is 4.90 Å². The van der Waals surface area contributed by atoms with E-state index >= 15 is 0 Å². The first kappa shape index (κ1) is 24.3. The molecule has 1 aromatic heterocycles. The van der Waals surface area contributed by atoms with Crippen LogP contribution in [-0.2, 0) is 4.74 Å². The first-order valence-electron chi connectivity index (χ1n) is 11.9. The molecule has 7 nitrogen and oxygen atoms in total. The molecule has 2 heterocycles. The van der Waals surface area contributed by atoms with Crippen LogP contribution in [0.15, 0.2) is 72.0 Å². The highest BCUT2D eigenvalue weighted by molar-refractivity contribution is 6.01. The molecule has 7 heteroatoms. The molecule has 0 bridgehead atoms. The molecule has 1 atom stereocenters. The third-order valence-corrected chi connectivity index (χ3v) is 6.68. The first-order chi connectivity index (χ1) is 16.9. The van der Waals surface area contributed by atoms with Crippen LogP contribution in [-0.4, -0.2) is 46.4 Å². The van der Waals surface area contributed by atoms with Gasteiger partial charge in [0.05, 0.1) is 5.71 Å². The summed E-state index contributed by atoms with van der Waals surface area (Å²) in [5.74, 6) is 0.0133. The maximum Gasteiger partial charge on any atom is 0.506 e. The molecule has 1 aliphatic rings. The molecule has 0 amide bonds. The number of hydrogen-bond acceptors (Lipinski definition) is 6. The first-order valence-corrected chi connectivity index (χ1v) is 11.9. The Balaban J connectivity index is 1.57. The van der Waals surface area contributed by atoms with E-state index in [1.54, 1.807) is 6.20 Å². The molecule has 2 aromatic carbocycles. The van der Waals surface area contributed by atoms with Gasteiger partial charge in [-0.3, -0.25) is 4.98 Å². The van der Waals surface area contributed by atoms with Gasteiger partial charge in [0.2, 0.25) is 0 Å². The molecular weight excluding hydrogens is 442 g/mol. The molecule has 1 fully saturated rings. The number of carbonyl (C=O) groups is 1. The van der Waals surface area contributed by atoms with Crippen LogP contribution in [0.4, 0.5) is 10.5 Å². The summed E-state index contributed by atoms with van der Waals surface area (Å²) < 4.78 is 4.93. The summed E-state index contributed by atoms with van der Waals surface area (Å²) >= 11 is 0. The van der Waals surface area contributed by atoms with Crippen molar-refractivity contribution in [3.05, 3.63) is 94.8 Å². The van der Waals surface area contributed by atoms with E-state index in [1.165, 1.54) is 11.1 Å². The van der Waals surface area contributed by atoms with Gasteiger partial charge in [0.25, 0.3) is 0 Å². The Morgan fingerprint density at radius 1 is 1.11 bits per heavy atom. The average molecular weight is 474 g/mol. The fourth-order valence-electron chi connectivity index (χ4n) is 4.81. The zero-order valence-electron chi connectivity index (χ0n) is 20.1. The number of piperidine rings is 1. The minimum absolute atomic E-state index is 0.0133. The molecule has 0 saturated carbocycles. The Morgan fingerprint density at radius 3 is 2.46 bits per heavy atom. The minimum atomic E-state index is -1.21. The van der Waals surface area contributed by atoms with E-state index in [9.17, 15) is 10.0 Å². The van der Waals surface area contributed by atoms with Crippen molar-refractivity contribution in [2.24, 2.45) is 5.16 Å². The topological polar surface area (TPSA) is 95.2 Å². The Labute approximate surface area is 205 Å². The Kier molecular flexibility index (Phi) is 7.65. The normalized spacial score (nSPS) is 15.6. The molecule has 0 unspecified atom stereocenters. The van der Waals surface area contributed by atoms with Crippen molar-refractivity contribution >= 4 is 17.6 Å². The lowest BCUT2D eigenvalue weighted by Gasteiger charge is -2.33. The van der Waals surface area contributed by atoms with Gasteiger partial charge >= 0.3 is 6.16 Å². The van der Waals surface area contributed by atoms with Gasteiger partial charge in [-0.25, -0.2) is 4.79 Å². The maximum atomic E-state index is 10.8. The van der Waals surface area contributed by atoms with Crippen molar-refractivity contribution < 1.29 is 19.8 Å². The number of aromatic nitrogens is 1. The van der Waals surface area contributed by atoms with Crippen LogP contribution >= 0.6 is 0 Å². The van der Waals surface area contributed by atoms with Crippen molar-refractivity contribution in [3.8, 4) is 0 Å². The van der Waals surface area contributed by atoms with E-state index in [2.05, 4.69) is 58.4 Å². The van der Waals surface area contributed by atoms with Crippen LogP contribution in [0.2, 0.25) is 0 Å². The third-order valence-electron chi connectivity index (χ3n) is 6.68. The lowest BCUT2D eigenvalue weighted by Crippen LogP contribution is -2.37. The Morgan fingerprint density at radius 2 is 1.83 bits per heavy atom. The second-order valence-corrected chi connectivity index (χ2v) is 9.01. The van der Waals surface area contributed by atoms with E-state index in [-0.39, 0.29) is 12.0 Å². The average Bonchev–Trinajstić information content (AvgIpc) is 2.86. The van der Waals surface area contributed by atoms with E-state index in [1.807, 2.05) is 31.2 Å². The van der Waals surface area contributed by atoms with Gasteiger partial charge < -0.3 is 20.0 Å². The lowest BCUT2D eigenvalue weighted by atomic mass is 9.83. The van der Waals surface area contributed by atoms with Crippen molar-refractivity contribution in [2.75, 3.05) is 18.0 Å². The number of ether oxygens (including phenoxy) is 1. The molecule has 35 heavy (non-hydrogen) atoms. The van der Waals surface area contributed by atoms with Crippen LogP contribution in [0.5, 0.6) is 0 Å². The van der Waals surface area contributed by atoms with Crippen molar-refractivity contribution in [2.45, 2.75) is 45.1 Å². The molecule has 1 saturated heterocycles. The summed E-state index contributed by atoms with van der Waals surface area (Å²) in [7, 11) is 0. The van der Waals surface area contributed by atoms with Crippen molar-refractivity contribution in [3.63, 3.8) is 0 Å². The molecule has 1 aliphatic heterocycles. The molecule has 0 spiro atoms. The molecule has 2 N–H and O–H groups in total. The van der Waals surface area contributed by atoms with Crippen LogP contribution in [0, 0.1) is 13.8 Å². The van der Waals surface area contributed by atoms with Gasteiger partial charge in [0, 0.05) is 61.4 Å². The fourth-order valence-corrected chi connectivity index (χ4v) is 4.81. The summed E-state index contributed by atoms with van der Waals surface area (Å²) in [5, 5.41) is 22.4. The predicted molar refractivity (Wildman–Crippen MR) is 136 cm³/mol. The van der Waals surface area contributed by atoms with E-state index < -0.39 is 6.16 Å². The van der Waals surface area contributed by atoms with Gasteiger partial charge in [0.15, 0.2) is 0 Å². The second kappa shape index (κ2) is 11.0. The molecule has 182 valence electrons. The zero-order valence-corrected chi connectivity index (χ0v) is 20.1. The molecular formula is C28H31N3O4. The SMILES string of the molecule is Cc1cc(/C(C[C@@H](c2ccc(N3CCC(OC(=O)O)CC3)cc2)c2ccccc2C)=N/O)ccn1. The summed E-state index contributed by atoms with van der Waals surface area (Å²) in [5.41, 5.74) is 6.97. The van der Waals surface area contributed by atoms with Gasteiger partial charge in [-0.2, -0.15) is 0 Å². The van der Waals surface area contributed by atoms with E-state index in [4.69, 9.17) is 9.84 Å². The monoisotopic (exact) mass is 473 g/mol. The lowest BCUT2D eigenvalue weighted by molar-refractivity contribution is 0.0416. The highest BCUT2D eigenvalue weighted by Gasteiger charge is 2.24. The Hall–Kier alpha value is -3.87. The summed E-state index contributed by atoms with van der Waals surface area (Å²) in [6.45, 7) is 5.53. The standard InChI is InChI=1S/C28H31N3O4/c1-19-5-3-4-6-25(19)26(18-27(30-34)22-11-14-29-20(2)17-22)21-7-9-23(10-8-21)31-15-12-24(13-16-31)35-28(32)33/h3-11,14,17,24,26,34H,12-13,15-16,18H2,1-2H3,(H,32,33)/b30-27+/t26-/m0/s1. The molecule has 0 radical (unpaired) electrons. The van der Waals surface area contributed by atoms with Gasteiger partial charge in [-0.15, -0.1) is 0 Å².